The molecule has 0 aliphatic carbocycles. The molecule has 0 aliphatic rings. The summed E-state index contributed by atoms with van der Waals surface area (Å²) >= 11 is 0. The van der Waals surface area contributed by atoms with Crippen LogP contribution in [0.3, 0.4) is 0 Å². The fourth-order valence-corrected chi connectivity index (χ4v) is 4.64. The van der Waals surface area contributed by atoms with Crippen LogP contribution >= 0.6 is 0 Å². The quantitative estimate of drug-likeness (QED) is 0.450. The minimum Gasteiger partial charge on any atom is -0.359 e. The number of rotatable bonds is 4. The maximum Gasteiger partial charge on any atom is 0.328 e. The van der Waals surface area contributed by atoms with Gasteiger partial charge in [0.15, 0.2) is 5.82 Å². The van der Waals surface area contributed by atoms with Crippen molar-refractivity contribution in [1.82, 2.24) is 28.4 Å². The van der Waals surface area contributed by atoms with Crippen LogP contribution in [0.5, 0.6) is 0 Å². The molecule has 31 heavy (non-hydrogen) atoms. The number of sulfonamides is 1. The first-order chi connectivity index (χ1) is 14.8. The summed E-state index contributed by atoms with van der Waals surface area (Å²) in [5, 5.41) is 0. The summed E-state index contributed by atoms with van der Waals surface area (Å²) in [7, 11) is 1.21. The molecule has 0 atom stereocenters. The molecule has 3 aromatic heterocycles. The van der Waals surface area contributed by atoms with Gasteiger partial charge in [-0.2, -0.15) is 0 Å². The van der Waals surface area contributed by atoms with Gasteiger partial charge in [-0.25, -0.2) is 22.9 Å². The highest BCUT2D eigenvalue weighted by molar-refractivity contribution is 7.89. The molecule has 5 aromatic rings. The number of nitrogens with zero attached hydrogens (tertiary/aromatic N) is 4. The van der Waals surface area contributed by atoms with Crippen molar-refractivity contribution in [3.8, 4) is 17.2 Å². The number of aromatic nitrogens is 5. The zero-order chi connectivity index (χ0) is 21.9. The van der Waals surface area contributed by atoms with Crippen molar-refractivity contribution in [1.29, 1.82) is 0 Å². The smallest absolute Gasteiger partial charge is 0.328 e. The largest absolute Gasteiger partial charge is 0.359 e. The van der Waals surface area contributed by atoms with Gasteiger partial charge in [0.05, 0.1) is 32.7 Å². The van der Waals surface area contributed by atoms with Crippen molar-refractivity contribution in [2.75, 3.05) is 7.05 Å². The standard InChI is InChI=1S/C21H20N6O3S/c1-22-31(29,30)14-7-8-15-18(12-14)27(20(24-15)16-5-4-10-23-16)13-6-9-17-19(11-13)26(3)21(28)25(17)2/h4-12,22-23H,1-3H3. The van der Waals surface area contributed by atoms with Crippen LogP contribution in [0, 0.1) is 0 Å². The molecule has 0 spiro atoms. The van der Waals surface area contributed by atoms with Crippen LogP contribution in [0.2, 0.25) is 0 Å². The maximum absolute atomic E-state index is 12.4. The van der Waals surface area contributed by atoms with Gasteiger partial charge in [0.1, 0.15) is 0 Å². The summed E-state index contributed by atoms with van der Waals surface area (Å²) in [5.41, 5.74) is 4.30. The number of hydrogen-bond donors (Lipinski definition) is 2. The topological polar surface area (TPSA) is 107 Å². The molecule has 0 amide bonds. The van der Waals surface area contributed by atoms with E-state index in [0.717, 1.165) is 22.4 Å². The molecule has 10 heteroatoms. The molecule has 5 rings (SSSR count). The van der Waals surface area contributed by atoms with Gasteiger partial charge in [-0.15, -0.1) is 0 Å². The Kier molecular flexibility index (Phi) is 4.17. The van der Waals surface area contributed by atoms with E-state index in [0.29, 0.717) is 16.9 Å². The molecule has 0 saturated carbocycles. The van der Waals surface area contributed by atoms with Gasteiger partial charge in [0.25, 0.3) is 0 Å². The second-order valence-corrected chi connectivity index (χ2v) is 9.17. The Balaban J connectivity index is 1.87. The summed E-state index contributed by atoms with van der Waals surface area (Å²) in [6, 6.07) is 14.3. The summed E-state index contributed by atoms with van der Waals surface area (Å²) in [6.07, 6.45) is 1.81. The average Bonchev–Trinajstić information content (AvgIpc) is 3.48. The van der Waals surface area contributed by atoms with Crippen LogP contribution in [0.1, 0.15) is 0 Å². The number of imidazole rings is 2. The monoisotopic (exact) mass is 436 g/mol. The number of nitrogens with one attached hydrogen (secondary N) is 2. The predicted molar refractivity (Wildman–Crippen MR) is 119 cm³/mol. The van der Waals surface area contributed by atoms with Gasteiger partial charge in [-0.1, -0.05) is 0 Å². The molecule has 0 aliphatic heterocycles. The van der Waals surface area contributed by atoms with Gasteiger partial charge in [0, 0.05) is 26.0 Å². The minimum absolute atomic E-state index is 0.116. The Morgan fingerprint density at radius 3 is 2.45 bits per heavy atom. The van der Waals surface area contributed by atoms with E-state index in [9.17, 15) is 13.2 Å². The molecule has 158 valence electrons. The van der Waals surface area contributed by atoms with E-state index in [1.165, 1.54) is 13.1 Å². The number of fused-ring (bicyclic) bond motifs is 2. The Labute approximate surface area is 177 Å². The normalized spacial score (nSPS) is 12.2. The second-order valence-electron chi connectivity index (χ2n) is 7.29. The van der Waals surface area contributed by atoms with Gasteiger partial charge < -0.3 is 4.98 Å². The van der Waals surface area contributed by atoms with E-state index >= 15 is 0 Å². The first-order valence-electron chi connectivity index (χ1n) is 9.57. The predicted octanol–water partition coefficient (Wildman–Crippen LogP) is 2.12. The number of hydrogen-bond acceptors (Lipinski definition) is 4. The fourth-order valence-electron chi connectivity index (χ4n) is 3.89. The van der Waals surface area contributed by atoms with Crippen molar-refractivity contribution in [2.24, 2.45) is 14.1 Å². The third-order valence-electron chi connectivity index (χ3n) is 5.56. The van der Waals surface area contributed by atoms with E-state index < -0.39 is 10.0 Å². The molecular weight excluding hydrogens is 416 g/mol. The molecule has 3 heterocycles. The number of aryl methyl sites for hydroxylation is 2. The van der Waals surface area contributed by atoms with Gasteiger partial charge in [-0.3, -0.25) is 13.7 Å². The lowest BCUT2D eigenvalue weighted by molar-refractivity contribution is 0.588. The highest BCUT2D eigenvalue weighted by Crippen LogP contribution is 2.30. The van der Waals surface area contributed by atoms with E-state index in [2.05, 4.69) is 9.71 Å². The van der Waals surface area contributed by atoms with Crippen molar-refractivity contribution >= 4 is 32.1 Å². The first kappa shape index (κ1) is 19.3. The summed E-state index contributed by atoms with van der Waals surface area (Å²) < 4.78 is 32.2. The highest BCUT2D eigenvalue weighted by Gasteiger charge is 2.20. The Morgan fingerprint density at radius 1 is 0.968 bits per heavy atom. The second kappa shape index (κ2) is 6.69. The average molecular weight is 436 g/mol. The maximum atomic E-state index is 12.4. The van der Waals surface area contributed by atoms with Gasteiger partial charge in [-0.05, 0) is 55.6 Å². The van der Waals surface area contributed by atoms with Crippen LogP contribution in [0.4, 0.5) is 0 Å². The number of H-pyrrole nitrogens is 1. The lowest BCUT2D eigenvalue weighted by atomic mass is 10.2. The minimum atomic E-state index is -3.62. The highest BCUT2D eigenvalue weighted by atomic mass is 32.2. The van der Waals surface area contributed by atoms with E-state index in [-0.39, 0.29) is 10.6 Å². The van der Waals surface area contributed by atoms with E-state index in [4.69, 9.17) is 4.98 Å². The summed E-state index contributed by atoms with van der Waals surface area (Å²) in [5.74, 6) is 0.638. The lowest BCUT2D eigenvalue weighted by Crippen LogP contribution is -2.19. The van der Waals surface area contributed by atoms with Crippen LogP contribution in [0.15, 0.2) is 64.4 Å². The fraction of sp³-hybridized carbons (Fsp3) is 0.143. The molecule has 0 saturated heterocycles. The van der Waals surface area contributed by atoms with Crippen molar-refractivity contribution < 1.29 is 8.42 Å². The van der Waals surface area contributed by atoms with Crippen LogP contribution in [-0.2, 0) is 24.1 Å². The van der Waals surface area contributed by atoms with Crippen LogP contribution in [0.25, 0.3) is 39.3 Å². The van der Waals surface area contributed by atoms with Crippen LogP contribution < -0.4 is 10.4 Å². The molecule has 0 radical (unpaired) electrons. The molecule has 0 fully saturated rings. The molecule has 0 unspecified atom stereocenters. The SMILES string of the molecule is CNS(=O)(=O)c1ccc2nc(-c3ccc[nH]3)n(-c3ccc4c(c3)n(C)c(=O)n4C)c2c1. The molecule has 9 nitrogen and oxygen atoms in total. The zero-order valence-electron chi connectivity index (χ0n) is 17.1. The molecular formula is C21H20N6O3S. The first-order valence-corrected chi connectivity index (χ1v) is 11.1. The van der Waals surface area contributed by atoms with Crippen molar-refractivity contribution in [2.45, 2.75) is 4.90 Å². The number of aromatic amines is 1. The van der Waals surface area contributed by atoms with Gasteiger partial charge in [0.2, 0.25) is 10.0 Å². The van der Waals surface area contributed by atoms with Gasteiger partial charge >= 0.3 is 5.69 Å². The number of benzene rings is 2. The summed E-state index contributed by atoms with van der Waals surface area (Å²) in [4.78, 5) is 20.4. The van der Waals surface area contributed by atoms with E-state index in [1.54, 1.807) is 41.6 Å². The zero-order valence-corrected chi connectivity index (χ0v) is 17.9. The molecule has 2 N–H and O–H groups in total. The van der Waals surface area contributed by atoms with E-state index in [1.807, 2.05) is 34.9 Å². The van der Waals surface area contributed by atoms with Crippen LogP contribution in [-0.4, -0.2) is 39.1 Å². The third-order valence-corrected chi connectivity index (χ3v) is 6.97. The van der Waals surface area contributed by atoms with Crippen molar-refractivity contribution in [3.63, 3.8) is 0 Å². The Bertz CT molecular complexity index is 1620. The molecule has 2 aromatic carbocycles. The Hall–Kier alpha value is -3.63. The lowest BCUT2D eigenvalue weighted by Gasteiger charge is -2.10. The third kappa shape index (κ3) is 2.83. The molecule has 0 bridgehead atoms. The van der Waals surface area contributed by atoms with Crippen molar-refractivity contribution in [3.05, 3.63) is 65.2 Å². The summed E-state index contributed by atoms with van der Waals surface area (Å²) in [6.45, 7) is 0. The Morgan fingerprint density at radius 2 is 1.74 bits per heavy atom.